The maximum Gasteiger partial charge on any atom is 0.261 e. The molecule has 20 heavy (non-hydrogen) atoms. The monoisotopic (exact) mass is 294 g/mol. The van der Waals surface area contributed by atoms with Crippen LogP contribution in [0.3, 0.4) is 0 Å². The SMILES string of the molecule is Nc1ccc2c(c1)C(=O)N(C1CCS(=O)(=O)CC1)C2=O. The van der Waals surface area contributed by atoms with Crippen molar-refractivity contribution in [2.24, 2.45) is 0 Å². The van der Waals surface area contributed by atoms with Crippen LogP contribution in [0.5, 0.6) is 0 Å². The van der Waals surface area contributed by atoms with Gasteiger partial charge in [-0.3, -0.25) is 14.5 Å². The van der Waals surface area contributed by atoms with Crippen molar-refractivity contribution in [1.29, 1.82) is 0 Å². The first kappa shape index (κ1) is 13.1. The summed E-state index contributed by atoms with van der Waals surface area (Å²) in [5.74, 6) is -0.684. The number of hydrogen-bond donors (Lipinski definition) is 1. The van der Waals surface area contributed by atoms with Gasteiger partial charge in [0.2, 0.25) is 0 Å². The number of benzene rings is 1. The minimum Gasteiger partial charge on any atom is -0.399 e. The minimum atomic E-state index is -3.02. The molecule has 0 bridgehead atoms. The van der Waals surface area contributed by atoms with Gasteiger partial charge in [0.25, 0.3) is 11.8 Å². The van der Waals surface area contributed by atoms with Crippen LogP contribution in [-0.4, -0.2) is 42.7 Å². The number of rotatable bonds is 1. The van der Waals surface area contributed by atoms with Crippen molar-refractivity contribution < 1.29 is 18.0 Å². The van der Waals surface area contributed by atoms with Crippen LogP contribution in [0, 0.1) is 0 Å². The van der Waals surface area contributed by atoms with E-state index >= 15 is 0 Å². The molecule has 0 radical (unpaired) electrons. The number of nitrogen functional groups attached to an aromatic ring is 1. The van der Waals surface area contributed by atoms with Crippen LogP contribution in [0.1, 0.15) is 33.6 Å². The molecule has 2 heterocycles. The second kappa shape index (κ2) is 4.31. The van der Waals surface area contributed by atoms with E-state index in [4.69, 9.17) is 5.73 Å². The van der Waals surface area contributed by atoms with Gasteiger partial charge in [-0.1, -0.05) is 0 Å². The zero-order chi connectivity index (χ0) is 14.5. The summed E-state index contributed by atoms with van der Waals surface area (Å²) in [5, 5.41) is 0. The van der Waals surface area contributed by atoms with E-state index in [1.807, 2.05) is 0 Å². The van der Waals surface area contributed by atoms with Gasteiger partial charge in [0.05, 0.1) is 22.6 Å². The largest absolute Gasteiger partial charge is 0.399 e. The maximum atomic E-state index is 12.3. The molecule has 0 saturated carbocycles. The Labute approximate surface area is 116 Å². The summed E-state index contributed by atoms with van der Waals surface area (Å²) < 4.78 is 22.9. The van der Waals surface area contributed by atoms with Crippen molar-refractivity contribution in [3.63, 3.8) is 0 Å². The molecular weight excluding hydrogens is 280 g/mol. The Kier molecular flexibility index (Phi) is 2.82. The maximum absolute atomic E-state index is 12.3. The number of amides is 2. The van der Waals surface area contributed by atoms with E-state index in [0.29, 0.717) is 29.7 Å². The molecule has 0 unspecified atom stereocenters. The zero-order valence-electron chi connectivity index (χ0n) is 10.7. The van der Waals surface area contributed by atoms with Gasteiger partial charge in [-0.15, -0.1) is 0 Å². The molecule has 106 valence electrons. The lowest BCUT2D eigenvalue weighted by atomic mass is 10.1. The first-order valence-electron chi connectivity index (χ1n) is 6.37. The van der Waals surface area contributed by atoms with Crippen LogP contribution in [0.4, 0.5) is 5.69 Å². The third kappa shape index (κ3) is 1.98. The Bertz CT molecular complexity index is 697. The van der Waals surface area contributed by atoms with Crippen LogP contribution >= 0.6 is 0 Å². The van der Waals surface area contributed by atoms with E-state index in [9.17, 15) is 18.0 Å². The lowest BCUT2D eigenvalue weighted by Gasteiger charge is -2.29. The van der Waals surface area contributed by atoms with Gasteiger partial charge in [-0.2, -0.15) is 0 Å². The summed E-state index contributed by atoms with van der Waals surface area (Å²) in [4.78, 5) is 25.8. The summed E-state index contributed by atoms with van der Waals surface area (Å²) in [6, 6.07) is 4.28. The van der Waals surface area contributed by atoms with Gasteiger partial charge in [0.15, 0.2) is 0 Å². The average molecular weight is 294 g/mol. The molecule has 1 fully saturated rings. The van der Waals surface area contributed by atoms with Gasteiger partial charge >= 0.3 is 0 Å². The molecule has 0 spiro atoms. The van der Waals surface area contributed by atoms with Crippen molar-refractivity contribution in [3.8, 4) is 0 Å². The molecule has 2 aliphatic rings. The van der Waals surface area contributed by atoms with E-state index in [2.05, 4.69) is 0 Å². The van der Waals surface area contributed by atoms with Crippen molar-refractivity contribution in [2.75, 3.05) is 17.2 Å². The molecule has 2 amide bonds. The molecule has 2 aliphatic heterocycles. The quantitative estimate of drug-likeness (QED) is 0.599. The highest BCUT2D eigenvalue weighted by Gasteiger charge is 2.41. The molecule has 0 aromatic heterocycles. The lowest BCUT2D eigenvalue weighted by molar-refractivity contribution is 0.0574. The smallest absolute Gasteiger partial charge is 0.261 e. The number of carbonyl (C=O) groups excluding carboxylic acids is 2. The molecular formula is C13H14N2O4S. The fourth-order valence-electron chi connectivity index (χ4n) is 2.74. The third-order valence-electron chi connectivity index (χ3n) is 3.83. The fourth-order valence-corrected chi connectivity index (χ4v) is 4.21. The summed E-state index contributed by atoms with van der Waals surface area (Å²) in [6.45, 7) is 0. The van der Waals surface area contributed by atoms with Gasteiger partial charge in [0.1, 0.15) is 9.84 Å². The second-order valence-electron chi connectivity index (χ2n) is 5.17. The number of hydrogen-bond acceptors (Lipinski definition) is 5. The Morgan fingerprint density at radius 1 is 1.05 bits per heavy atom. The average Bonchev–Trinajstić information content (AvgIpc) is 2.63. The molecule has 7 heteroatoms. The van der Waals surface area contributed by atoms with Gasteiger partial charge in [-0.05, 0) is 31.0 Å². The fraction of sp³-hybridized carbons (Fsp3) is 0.385. The van der Waals surface area contributed by atoms with Crippen molar-refractivity contribution in [3.05, 3.63) is 29.3 Å². The molecule has 1 aromatic rings. The van der Waals surface area contributed by atoms with Crippen LogP contribution in [0.2, 0.25) is 0 Å². The van der Waals surface area contributed by atoms with Crippen molar-refractivity contribution in [2.45, 2.75) is 18.9 Å². The summed E-state index contributed by atoms with van der Waals surface area (Å²) in [6.07, 6.45) is 0.618. The first-order chi connectivity index (χ1) is 9.39. The Balaban J connectivity index is 1.91. The molecule has 0 atom stereocenters. The second-order valence-corrected chi connectivity index (χ2v) is 7.47. The standard InChI is InChI=1S/C13H14N2O4S/c14-8-1-2-10-11(7-8)13(17)15(12(10)16)9-3-5-20(18,19)6-4-9/h1-2,7,9H,3-6,14H2. The number of nitrogens with zero attached hydrogens (tertiary/aromatic N) is 1. The Hall–Kier alpha value is -1.89. The lowest BCUT2D eigenvalue weighted by Crippen LogP contribution is -2.44. The Morgan fingerprint density at radius 3 is 2.30 bits per heavy atom. The highest BCUT2D eigenvalue weighted by atomic mass is 32.2. The highest BCUT2D eigenvalue weighted by molar-refractivity contribution is 7.91. The molecule has 6 nitrogen and oxygen atoms in total. The summed E-state index contributed by atoms with van der Waals surface area (Å²) in [5.41, 5.74) is 6.72. The van der Waals surface area contributed by atoms with Crippen molar-refractivity contribution in [1.82, 2.24) is 4.90 Å². The summed E-state index contributed by atoms with van der Waals surface area (Å²) >= 11 is 0. The first-order valence-corrected chi connectivity index (χ1v) is 8.19. The van der Waals surface area contributed by atoms with Gasteiger partial charge < -0.3 is 5.73 Å². The molecule has 3 rings (SSSR count). The van der Waals surface area contributed by atoms with E-state index in [1.54, 1.807) is 12.1 Å². The van der Waals surface area contributed by atoms with Crippen LogP contribution < -0.4 is 5.73 Å². The van der Waals surface area contributed by atoms with Crippen LogP contribution in [0.25, 0.3) is 0 Å². The predicted molar refractivity (Wildman–Crippen MR) is 73.0 cm³/mol. The summed E-state index contributed by atoms with van der Waals surface area (Å²) in [7, 11) is -3.02. The minimum absolute atomic E-state index is 0.0210. The zero-order valence-corrected chi connectivity index (χ0v) is 11.5. The number of carbonyl (C=O) groups is 2. The predicted octanol–water partition coefficient (Wildman–Crippen LogP) is 0.442. The van der Waals surface area contributed by atoms with Gasteiger partial charge in [0, 0.05) is 11.7 Å². The number of imide groups is 1. The van der Waals surface area contributed by atoms with Crippen molar-refractivity contribution >= 4 is 27.3 Å². The highest BCUT2D eigenvalue weighted by Crippen LogP contribution is 2.30. The topological polar surface area (TPSA) is 97.5 Å². The number of nitrogens with two attached hydrogens (primary N) is 1. The molecule has 1 aromatic carbocycles. The van der Waals surface area contributed by atoms with E-state index in [1.165, 1.54) is 11.0 Å². The van der Waals surface area contributed by atoms with Gasteiger partial charge in [-0.25, -0.2) is 8.42 Å². The van der Waals surface area contributed by atoms with Crippen LogP contribution in [-0.2, 0) is 9.84 Å². The van der Waals surface area contributed by atoms with E-state index in [-0.39, 0.29) is 29.4 Å². The number of sulfone groups is 1. The van der Waals surface area contributed by atoms with E-state index < -0.39 is 9.84 Å². The normalized spacial score (nSPS) is 22.1. The molecule has 1 saturated heterocycles. The molecule has 2 N–H and O–H groups in total. The Morgan fingerprint density at radius 2 is 1.65 bits per heavy atom. The molecule has 0 aliphatic carbocycles. The third-order valence-corrected chi connectivity index (χ3v) is 5.55. The van der Waals surface area contributed by atoms with Crippen LogP contribution in [0.15, 0.2) is 18.2 Å². The van der Waals surface area contributed by atoms with E-state index in [0.717, 1.165) is 0 Å². The number of fused-ring (bicyclic) bond motifs is 1. The number of anilines is 1.